The van der Waals surface area contributed by atoms with Crippen molar-refractivity contribution in [2.45, 2.75) is 6.54 Å². The summed E-state index contributed by atoms with van der Waals surface area (Å²) in [6, 6.07) is 20.0. The molecule has 0 aliphatic rings. The topological polar surface area (TPSA) is 107 Å². The number of hydrogen-bond acceptors (Lipinski definition) is 8. The van der Waals surface area contributed by atoms with Crippen LogP contribution in [0.5, 0.6) is 23.0 Å². The standard InChI is InChI=1S/C29H25N5O4/c1-36-26-15-23-24(16-27(26)37-2)31-14-11-25(23)38-21-9-7-20(8-10-21)34-28-22(6-4-13-32-28)29(35)33-18-19-5-3-12-30-17-19/h3-17H,18H2,1-2H3,(H,32,34)(H,33,35). The summed E-state index contributed by atoms with van der Waals surface area (Å²) < 4.78 is 17.0. The van der Waals surface area contributed by atoms with E-state index < -0.39 is 0 Å². The average molecular weight is 508 g/mol. The molecule has 3 heterocycles. The molecular formula is C29H25N5O4. The Hall–Kier alpha value is -5.18. The minimum atomic E-state index is -0.235. The zero-order valence-corrected chi connectivity index (χ0v) is 20.8. The molecule has 0 spiro atoms. The third-order valence-corrected chi connectivity index (χ3v) is 5.78. The Morgan fingerprint density at radius 3 is 2.39 bits per heavy atom. The molecule has 190 valence electrons. The van der Waals surface area contributed by atoms with Crippen LogP contribution in [0.15, 0.2) is 91.5 Å². The summed E-state index contributed by atoms with van der Waals surface area (Å²) in [7, 11) is 3.17. The molecule has 38 heavy (non-hydrogen) atoms. The molecule has 0 aliphatic heterocycles. The lowest BCUT2D eigenvalue weighted by atomic mass is 10.2. The van der Waals surface area contributed by atoms with Crippen molar-refractivity contribution in [2.24, 2.45) is 0 Å². The number of hydrogen-bond donors (Lipinski definition) is 2. The van der Waals surface area contributed by atoms with Gasteiger partial charge in [-0.15, -0.1) is 0 Å². The van der Waals surface area contributed by atoms with E-state index in [0.29, 0.717) is 40.9 Å². The van der Waals surface area contributed by atoms with Crippen LogP contribution in [0.2, 0.25) is 0 Å². The lowest BCUT2D eigenvalue weighted by molar-refractivity contribution is 0.0951. The number of amides is 1. The third kappa shape index (κ3) is 5.46. The van der Waals surface area contributed by atoms with Crippen molar-refractivity contribution in [2.75, 3.05) is 19.5 Å². The van der Waals surface area contributed by atoms with Crippen LogP contribution < -0.4 is 24.8 Å². The van der Waals surface area contributed by atoms with Gasteiger partial charge in [-0.1, -0.05) is 6.07 Å². The Balaban J connectivity index is 1.30. The summed E-state index contributed by atoms with van der Waals surface area (Å²) in [6.45, 7) is 0.370. The molecule has 0 atom stereocenters. The van der Waals surface area contributed by atoms with Gasteiger partial charge in [-0.05, 0) is 60.2 Å². The van der Waals surface area contributed by atoms with E-state index in [1.165, 1.54) is 0 Å². The van der Waals surface area contributed by atoms with Gasteiger partial charge in [0.2, 0.25) is 0 Å². The van der Waals surface area contributed by atoms with Gasteiger partial charge in [0, 0.05) is 48.5 Å². The van der Waals surface area contributed by atoms with E-state index in [4.69, 9.17) is 14.2 Å². The summed E-state index contributed by atoms with van der Waals surface area (Å²) in [5.41, 5.74) is 2.82. The summed E-state index contributed by atoms with van der Waals surface area (Å²) in [5, 5.41) is 6.92. The molecule has 5 rings (SSSR count). The minimum absolute atomic E-state index is 0.235. The Labute approximate surface area is 219 Å². The summed E-state index contributed by atoms with van der Waals surface area (Å²) >= 11 is 0. The number of carbonyl (C=O) groups is 1. The van der Waals surface area contributed by atoms with Crippen molar-refractivity contribution in [3.8, 4) is 23.0 Å². The molecule has 0 bridgehead atoms. The number of pyridine rings is 3. The number of nitrogens with one attached hydrogen (secondary N) is 2. The molecule has 5 aromatic rings. The van der Waals surface area contributed by atoms with E-state index in [1.54, 1.807) is 57.2 Å². The quantitative estimate of drug-likeness (QED) is 0.269. The fourth-order valence-corrected chi connectivity index (χ4v) is 3.87. The van der Waals surface area contributed by atoms with Gasteiger partial charge in [0.05, 0.1) is 25.3 Å². The summed E-state index contributed by atoms with van der Waals surface area (Å²) in [4.78, 5) is 25.7. The monoisotopic (exact) mass is 507 g/mol. The molecule has 0 fully saturated rings. The molecule has 0 aliphatic carbocycles. The number of nitrogens with zero attached hydrogens (tertiary/aromatic N) is 3. The second-order valence-electron chi connectivity index (χ2n) is 8.23. The molecule has 2 N–H and O–H groups in total. The van der Waals surface area contributed by atoms with Gasteiger partial charge in [-0.3, -0.25) is 14.8 Å². The van der Waals surface area contributed by atoms with Gasteiger partial charge in [-0.25, -0.2) is 4.98 Å². The second kappa shape index (κ2) is 11.3. The fourth-order valence-electron chi connectivity index (χ4n) is 3.87. The molecule has 1 amide bonds. The van der Waals surface area contributed by atoms with Gasteiger partial charge in [0.1, 0.15) is 17.3 Å². The van der Waals surface area contributed by atoms with Crippen LogP contribution in [0.4, 0.5) is 11.5 Å². The van der Waals surface area contributed by atoms with Crippen LogP contribution in [0, 0.1) is 0 Å². The Kier molecular flexibility index (Phi) is 7.26. The molecule has 2 aromatic carbocycles. The highest BCUT2D eigenvalue weighted by Crippen LogP contribution is 2.37. The van der Waals surface area contributed by atoms with Crippen molar-refractivity contribution in [1.29, 1.82) is 0 Å². The van der Waals surface area contributed by atoms with Crippen LogP contribution in [0.3, 0.4) is 0 Å². The van der Waals surface area contributed by atoms with Gasteiger partial charge in [-0.2, -0.15) is 0 Å². The zero-order valence-electron chi connectivity index (χ0n) is 20.8. The normalized spacial score (nSPS) is 10.6. The van der Waals surface area contributed by atoms with Crippen molar-refractivity contribution in [3.05, 3.63) is 103 Å². The number of ether oxygens (including phenoxy) is 3. The lowest BCUT2D eigenvalue weighted by Crippen LogP contribution is -2.24. The third-order valence-electron chi connectivity index (χ3n) is 5.78. The predicted octanol–water partition coefficient (Wildman–Crippen LogP) is 5.51. The molecule has 9 nitrogen and oxygen atoms in total. The Morgan fingerprint density at radius 2 is 1.63 bits per heavy atom. The Morgan fingerprint density at radius 1 is 0.842 bits per heavy atom. The first kappa shape index (κ1) is 24.5. The first-order valence-electron chi connectivity index (χ1n) is 11.8. The molecule has 0 saturated carbocycles. The maximum atomic E-state index is 12.8. The second-order valence-corrected chi connectivity index (χ2v) is 8.23. The Bertz CT molecular complexity index is 1560. The number of benzene rings is 2. The molecule has 0 saturated heterocycles. The predicted molar refractivity (Wildman–Crippen MR) is 144 cm³/mol. The van der Waals surface area contributed by atoms with E-state index in [-0.39, 0.29) is 5.91 Å². The maximum Gasteiger partial charge on any atom is 0.255 e. The minimum Gasteiger partial charge on any atom is -0.493 e. The highest BCUT2D eigenvalue weighted by Gasteiger charge is 2.14. The summed E-state index contributed by atoms with van der Waals surface area (Å²) in [5.74, 6) is 2.67. The fraction of sp³-hybridized carbons (Fsp3) is 0.103. The highest BCUT2D eigenvalue weighted by atomic mass is 16.5. The van der Waals surface area contributed by atoms with Crippen LogP contribution in [-0.2, 0) is 6.54 Å². The first-order chi connectivity index (χ1) is 18.6. The summed E-state index contributed by atoms with van der Waals surface area (Å²) in [6.07, 6.45) is 6.73. The van der Waals surface area contributed by atoms with Crippen molar-refractivity contribution in [3.63, 3.8) is 0 Å². The molecule has 9 heteroatoms. The smallest absolute Gasteiger partial charge is 0.255 e. The van der Waals surface area contributed by atoms with Crippen LogP contribution in [-0.4, -0.2) is 35.1 Å². The van der Waals surface area contributed by atoms with Crippen LogP contribution in [0.25, 0.3) is 10.9 Å². The average Bonchev–Trinajstić information content (AvgIpc) is 2.97. The van der Waals surface area contributed by atoms with Crippen molar-refractivity contribution < 1.29 is 19.0 Å². The van der Waals surface area contributed by atoms with E-state index >= 15 is 0 Å². The van der Waals surface area contributed by atoms with E-state index in [2.05, 4.69) is 25.6 Å². The van der Waals surface area contributed by atoms with Gasteiger partial charge >= 0.3 is 0 Å². The van der Waals surface area contributed by atoms with Gasteiger partial charge in [0.15, 0.2) is 11.5 Å². The molecule has 0 radical (unpaired) electrons. The van der Waals surface area contributed by atoms with E-state index in [9.17, 15) is 4.79 Å². The van der Waals surface area contributed by atoms with Gasteiger partial charge in [0.25, 0.3) is 5.91 Å². The molecular weight excluding hydrogens is 482 g/mol. The number of fused-ring (bicyclic) bond motifs is 1. The van der Waals surface area contributed by atoms with Crippen molar-refractivity contribution >= 4 is 28.3 Å². The van der Waals surface area contributed by atoms with Crippen LogP contribution >= 0.6 is 0 Å². The number of methoxy groups -OCH3 is 2. The van der Waals surface area contributed by atoms with Gasteiger partial charge < -0.3 is 24.8 Å². The molecule has 0 unspecified atom stereocenters. The van der Waals surface area contributed by atoms with E-state index in [1.807, 2.05) is 48.5 Å². The van der Waals surface area contributed by atoms with E-state index in [0.717, 1.165) is 22.2 Å². The molecule has 3 aromatic heterocycles. The van der Waals surface area contributed by atoms with Crippen LogP contribution in [0.1, 0.15) is 15.9 Å². The highest BCUT2D eigenvalue weighted by molar-refractivity contribution is 5.99. The number of aromatic nitrogens is 3. The zero-order chi connectivity index (χ0) is 26.3. The van der Waals surface area contributed by atoms with Crippen molar-refractivity contribution in [1.82, 2.24) is 20.3 Å². The number of carbonyl (C=O) groups excluding carboxylic acids is 1. The lowest BCUT2D eigenvalue weighted by Gasteiger charge is -2.13. The largest absolute Gasteiger partial charge is 0.493 e. The number of anilines is 2. The number of rotatable bonds is 9. The first-order valence-corrected chi connectivity index (χ1v) is 11.8. The SMILES string of the molecule is COc1cc2nccc(Oc3ccc(Nc4ncccc4C(=O)NCc4cccnc4)cc3)c2cc1OC. The maximum absolute atomic E-state index is 12.8.